The Hall–Kier alpha value is -2.62. The van der Waals surface area contributed by atoms with E-state index < -0.39 is 0 Å². The zero-order valence-electron chi connectivity index (χ0n) is 13.9. The standard InChI is InChI=1S/C20H22N2O2/c1-2-11-21-19(23)16-8-5-9-17(13-16)20(24)22-12-10-15-6-3-4-7-18(15)14-22/h3-9,13H,2,10-12,14H2,1H3,(H,21,23). The van der Waals surface area contributed by atoms with Gasteiger partial charge in [0.25, 0.3) is 11.8 Å². The van der Waals surface area contributed by atoms with Crippen LogP contribution in [0.25, 0.3) is 0 Å². The SMILES string of the molecule is CCCNC(=O)c1cccc(C(=O)N2CCc3ccccc3C2)c1. The minimum Gasteiger partial charge on any atom is -0.352 e. The molecule has 0 saturated carbocycles. The molecule has 3 rings (SSSR count). The maximum absolute atomic E-state index is 12.8. The highest BCUT2D eigenvalue weighted by atomic mass is 16.2. The van der Waals surface area contributed by atoms with E-state index in [0.29, 0.717) is 30.8 Å². The van der Waals surface area contributed by atoms with Gasteiger partial charge in [-0.3, -0.25) is 9.59 Å². The number of nitrogens with zero attached hydrogens (tertiary/aromatic N) is 1. The van der Waals surface area contributed by atoms with Gasteiger partial charge in [0, 0.05) is 30.8 Å². The van der Waals surface area contributed by atoms with Gasteiger partial charge in [-0.25, -0.2) is 0 Å². The minimum absolute atomic E-state index is 0.0188. The summed E-state index contributed by atoms with van der Waals surface area (Å²) >= 11 is 0. The average molecular weight is 322 g/mol. The third-order valence-electron chi connectivity index (χ3n) is 4.33. The normalized spacial score (nSPS) is 13.3. The van der Waals surface area contributed by atoms with Crippen molar-refractivity contribution < 1.29 is 9.59 Å². The molecule has 0 spiro atoms. The first-order valence-electron chi connectivity index (χ1n) is 8.43. The maximum Gasteiger partial charge on any atom is 0.254 e. The fraction of sp³-hybridized carbons (Fsp3) is 0.300. The van der Waals surface area contributed by atoms with E-state index in [2.05, 4.69) is 17.4 Å². The Morgan fingerprint density at radius 2 is 1.79 bits per heavy atom. The summed E-state index contributed by atoms with van der Waals surface area (Å²) in [4.78, 5) is 26.7. The van der Waals surface area contributed by atoms with Crippen LogP contribution in [0.5, 0.6) is 0 Å². The Morgan fingerprint density at radius 3 is 2.58 bits per heavy atom. The van der Waals surface area contributed by atoms with Gasteiger partial charge in [-0.2, -0.15) is 0 Å². The highest BCUT2D eigenvalue weighted by molar-refractivity contribution is 5.99. The van der Waals surface area contributed by atoms with Gasteiger partial charge in [-0.05, 0) is 42.2 Å². The Labute approximate surface area is 142 Å². The van der Waals surface area contributed by atoms with Crippen LogP contribution >= 0.6 is 0 Å². The van der Waals surface area contributed by atoms with Crippen molar-refractivity contribution in [1.82, 2.24) is 10.2 Å². The second-order valence-corrected chi connectivity index (χ2v) is 6.08. The van der Waals surface area contributed by atoms with Crippen molar-refractivity contribution >= 4 is 11.8 Å². The molecule has 24 heavy (non-hydrogen) atoms. The molecule has 0 atom stereocenters. The average Bonchev–Trinajstić information content (AvgIpc) is 2.65. The molecule has 1 N–H and O–H groups in total. The summed E-state index contributed by atoms with van der Waals surface area (Å²) in [6.07, 6.45) is 1.76. The molecule has 0 unspecified atom stereocenters. The van der Waals surface area contributed by atoms with E-state index in [4.69, 9.17) is 0 Å². The molecular formula is C20H22N2O2. The summed E-state index contributed by atoms with van der Waals surface area (Å²) in [6.45, 7) is 3.98. The van der Waals surface area contributed by atoms with Crippen molar-refractivity contribution in [1.29, 1.82) is 0 Å². The Morgan fingerprint density at radius 1 is 1.04 bits per heavy atom. The number of hydrogen-bond donors (Lipinski definition) is 1. The molecule has 4 nitrogen and oxygen atoms in total. The molecule has 1 heterocycles. The largest absolute Gasteiger partial charge is 0.352 e. The zero-order valence-corrected chi connectivity index (χ0v) is 13.9. The predicted octanol–water partition coefficient (Wildman–Crippen LogP) is 3.02. The first-order chi connectivity index (χ1) is 11.7. The molecule has 1 aliphatic heterocycles. The third-order valence-corrected chi connectivity index (χ3v) is 4.33. The lowest BCUT2D eigenvalue weighted by molar-refractivity contribution is 0.0734. The molecule has 124 valence electrons. The number of fused-ring (bicyclic) bond motifs is 1. The van der Waals surface area contributed by atoms with Crippen molar-refractivity contribution in [3.8, 4) is 0 Å². The number of benzene rings is 2. The van der Waals surface area contributed by atoms with Crippen molar-refractivity contribution in [2.24, 2.45) is 0 Å². The summed E-state index contributed by atoms with van der Waals surface area (Å²) < 4.78 is 0. The van der Waals surface area contributed by atoms with Crippen LogP contribution in [0.2, 0.25) is 0 Å². The minimum atomic E-state index is -0.129. The lowest BCUT2D eigenvalue weighted by Crippen LogP contribution is -2.36. The highest BCUT2D eigenvalue weighted by Gasteiger charge is 2.22. The van der Waals surface area contributed by atoms with E-state index in [1.54, 1.807) is 24.3 Å². The van der Waals surface area contributed by atoms with Crippen molar-refractivity contribution in [3.05, 3.63) is 70.8 Å². The number of hydrogen-bond acceptors (Lipinski definition) is 2. The second-order valence-electron chi connectivity index (χ2n) is 6.08. The number of amides is 2. The molecule has 0 fully saturated rings. The van der Waals surface area contributed by atoms with Gasteiger partial charge >= 0.3 is 0 Å². The fourth-order valence-corrected chi connectivity index (χ4v) is 2.99. The van der Waals surface area contributed by atoms with Gasteiger partial charge in [0.15, 0.2) is 0 Å². The second kappa shape index (κ2) is 7.30. The molecule has 0 aliphatic carbocycles. The Bertz CT molecular complexity index is 755. The zero-order chi connectivity index (χ0) is 16.9. The Balaban J connectivity index is 1.75. The molecule has 0 bridgehead atoms. The Kier molecular flexibility index (Phi) is 4.94. The number of nitrogens with one attached hydrogen (secondary N) is 1. The molecule has 2 aromatic carbocycles. The summed E-state index contributed by atoms with van der Waals surface area (Å²) in [7, 11) is 0. The highest BCUT2D eigenvalue weighted by Crippen LogP contribution is 2.20. The molecule has 1 aliphatic rings. The van der Waals surface area contributed by atoms with Crippen molar-refractivity contribution in [3.63, 3.8) is 0 Å². The first-order valence-corrected chi connectivity index (χ1v) is 8.43. The molecular weight excluding hydrogens is 300 g/mol. The quantitative estimate of drug-likeness (QED) is 0.940. The molecule has 2 aromatic rings. The van der Waals surface area contributed by atoms with Crippen LogP contribution in [0.3, 0.4) is 0 Å². The van der Waals surface area contributed by atoms with E-state index >= 15 is 0 Å². The van der Waals surface area contributed by atoms with Crippen LogP contribution in [-0.2, 0) is 13.0 Å². The van der Waals surface area contributed by atoms with Crippen LogP contribution in [0.4, 0.5) is 0 Å². The molecule has 0 saturated heterocycles. The summed E-state index contributed by atoms with van der Waals surface area (Å²) in [5, 5.41) is 2.84. The van der Waals surface area contributed by atoms with Gasteiger partial charge in [0.05, 0.1) is 0 Å². The number of carbonyl (C=O) groups excluding carboxylic acids is 2. The summed E-state index contributed by atoms with van der Waals surface area (Å²) in [5.74, 6) is -0.148. The van der Waals surface area contributed by atoms with Crippen LogP contribution in [0.1, 0.15) is 45.2 Å². The number of carbonyl (C=O) groups is 2. The van der Waals surface area contributed by atoms with Gasteiger partial charge in [-0.1, -0.05) is 37.3 Å². The van der Waals surface area contributed by atoms with Crippen LogP contribution in [-0.4, -0.2) is 29.8 Å². The maximum atomic E-state index is 12.8. The van der Waals surface area contributed by atoms with Gasteiger partial charge in [0.2, 0.25) is 0 Å². The third kappa shape index (κ3) is 3.48. The fourth-order valence-electron chi connectivity index (χ4n) is 2.99. The first kappa shape index (κ1) is 16.2. The van der Waals surface area contributed by atoms with Gasteiger partial charge in [-0.15, -0.1) is 0 Å². The monoisotopic (exact) mass is 322 g/mol. The van der Waals surface area contributed by atoms with E-state index in [0.717, 1.165) is 12.8 Å². The van der Waals surface area contributed by atoms with E-state index in [9.17, 15) is 9.59 Å². The summed E-state index contributed by atoms with van der Waals surface area (Å²) in [6, 6.07) is 15.2. The molecule has 4 heteroatoms. The van der Waals surface area contributed by atoms with Crippen LogP contribution in [0.15, 0.2) is 48.5 Å². The van der Waals surface area contributed by atoms with E-state index in [1.165, 1.54) is 11.1 Å². The summed E-state index contributed by atoms with van der Waals surface area (Å²) in [5.41, 5.74) is 3.62. The van der Waals surface area contributed by atoms with Gasteiger partial charge < -0.3 is 10.2 Å². The number of rotatable bonds is 4. The van der Waals surface area contributed by atoms with Crippen LogP contribution < -0.4 is 5.32 Å². The van der Waals surface area contributed by atoms with Crippen molar-refractivity contribution in [2.45, 2.75) is 26.3 Å². The van der Waals surface area contributed by atoms with Gasteiger partial charge in [0.1, 0.15) is 0 Å². The van der Waals surface area contributed by atoms with Crippen LogP contribution in [0, 0.1) is 0 Å². The smallest absolute Gasteiger partial charge is 0.254 e. The lowest BCUT2D eigenvalue weighted by Gasteiger charge is -2.29. The molecule has 2 amide bonds. The molecule has 0 aromatic heterocycles. The molecule has 0 radical (unpaired) electrons. The van der Waals surface area contributed by atoms with E-state index in [-0.39, 0.29) is 11.8 Å². The van der Waals surface area contributed by atoms with Crippen molar-refractivity contribution in [2.75, 3.05) is 13.1 Å². The lowest BCUT2D eigenvalue weighted by atomic mass is 9.99. The topological polar surface area (TPSA) is 49.4 Å². The van der Waals surface area contributed by atoms with E-state index in [1.807, 2.05) is 24.0 Å². The predicted molar refractivity (Wildman–Crippen MR) is 94.0 cm³/mol.